The second kappa shape index (κ2) is 13.4. The van der Waals surface area contributed by atoms with E-state index in [0.29, 0.717) is 30.4 Å². The highest BCUT2D eigenvalue weighted by molar-refractivity contribution is 7.89. The van der Waals surface area contributed by atoms with Crippen LogP contribution in [0.1, 0.15) is 66.0 Å². The average Bonchev–Trinajstić information content (AvgIpc) is 3.17. The van der Waals surface area contributed by atoms with E-state index in [1.165, 1.54) is 24.3 Å². The second-order valence-corrected chi connectivity index (χ2v) is 14.5. The van der Waals surface area contributed by atoms with Crippen LogP contribution < -0.4 is 0 Å². The Kier molecular flexibility index (Phi) is 10.7. The van der Waals surface area contributed by atoms with Crippen LogP contribution >= 0.6 is 11.6 Å². The molecule has 1 unspecified atom stereocenters. The normalized spacial score (nSPS) is 16.0. The summed E-state index contributed by atoms with van der Waals surface area (Å²) in [5.41, 5.74) is 1.73. The summed E-state index contributed by atoms with van der Waals surface area (Å²) in [6.07, 6.45) is 0.462. The van der Waals surface area contributed by atoms with Crippen LogP contribution in [-0.2, 0) is 37.1 Å². The number of sulfonamides is 1. The largest absolute Gasteiger partial charge is 0.497 e. The van der Waals surface area contributed by atoms with Crippen molar-refractivity contribution in [3.8, 4) is 0 Å². The molecule has 7 nitrogen and oxygen atoms in total. The Morgan fingerprint density at radius 2 is 1.68 bits per heavy atom. The zero-order chi connectivity index (χ0) is 30.5. The van der Waals surface area contributed by atoms with Gasteiger partial charge in [-0.05, 0) is 80.8 Å². The van der Waals surface area contributed by atoms with Crippen LogP contribution in [0, 0.1) is 17.8 Å². The number of rotatable bonds is 11. The van der Waals surface area contributed by atoms with Crippen LogP contribution in [0.4, 0.5) is 4.79 Å². The maximum atomic E-state index is 13.5. The number of ether oxygens (including phenoxy) is 2. The van der Waals surface area contributed by atoms with E-state index in [1.807, 2.05) is 38.1 Å². The van der Waals surface area contributed by atoms with Crippen molar-refractivity contribution in [2.24, 2.45) is 17.8 Å². The fourth-order valence-corrected chi connectivity index (χ4v) is 6.17. The van der Waals surface area contributed by atoms with Crippen molar-refractivity contribution in [3.63, 3.8) is 0 Å². The van der Waals surface area contributed by atoms with E-state index in [4.69, 9.17) is 21.1 Å². The monoisotopic (exact) mass is 603 g/mol. The smallest absolute Gasteiger partial charge is 0.424 e. The standard InChI is InChI=1S/C32H42ClNO6S/c1-21(2)20-39-28-19-25(30(35)29(28)22(3)4)18-24-10-8-9-23(17-24)15-16-34(31(36)40-32(5,6)7)41(37,38)27-13-11-26(33)12-14-27/h8-14,17,21-22,25H,15-16,18-20H2,1-7H3. The Labute approximate surface area is 249 Å². The number of halogens is 1. The highest BCUT2D eigenvalue weighted by Gasteiger charge is 2.36. The molecule has 0 saturated heterocycles. The Hall–Kier alpha value is -2.84. The van der Waals surface area contributed by atoms with Gasteiger partial charge in [-0.15, -0.1) is 0 Å². The molecule has 224 valence electrons. The Bertz CT molecular complexity index is 1370. The van der Waals surface area contributed by atoms with Gasteiger partial charge in [0.05, 0.1) is 11.5 Å². The summed E-state index contributed by atoms with van der Waals surface area (Å²) in [6.45, 7) is 13.7. The molecule has 0 saturated carbocycles. The molecule has 3 rings (SSSR count). The van der Waals surface area contributed by atoms with Crippen LogP contribution in [0.3, 0.4) is 0 Å². The van der Waals surface area contributed by atoms with Crippen LogP contribution in [0.15, 0.2) is 64.8 Å². The number of amides is 1. The molecule has 9 heteroatoms. The molecular formula is C32H42ClNO6S. The number of allylic oxidation sites excluding steroid dienone is 2. The molecule has 1 atom stereocenters. The van der Waals surface area contributed by atoms with Gasteiger partial charge >= 0.3 is 6.09 Å². The first-order chi connectivity index (χ1) is 19.1. The number of nitrogens with zero attached hydrogens (tertiary/aromatic N) is 1. The van der Waals surface area contributed by atoms with Crippen LogP contribution in [0.25, 0.3) is 0 Å². The van der Waals surface area contributed by atoms with Crippen molar-refractivity contribution >= 4 is 33.5 Å². The molecule has 1 aliphatic carbocycles. The maximum absolute atomic E-state index is 13.5. The van der Waals surface area contributed by atoms with Crippen molar-refractivity contribution in [2.75, 3.05) is 13.2 Å². The number of Topliss-reactive ketones (excluding diaryl/α,β-unsaturated/α-hetero) is 1. The lowest BCUT2D eigenvalue weighted by atomic mass is 9.91. The number of hydrogen-bond acceptors (Lipinski definition) is 6. The molecule has 1 aliphatic rings. The number of carbonyl (C=O) groups is 2. The van der Waals surface area contributed by atoms with Gasteiger partial charge in [-0.1, -0.05) is 63.6 Å². The minimum atomic E-state index is -4.19. The van der Waals surface area contributed by atoms with Gasteiger partial charge in [-0.2, -0.15) is 0 Å². The quantitative estimate of drug-likeness (QED) is 0.269. The molecule has 1 amide bonds. The Morgan fingerprint density at radius 1 is 1.05 bits per heavy atom. The first kappa shape index (κ1) is 32.7. The summed E-state index contributed by atoms with van der Waals surface area (Å²) in [5.74, 6) is 1.19. The van der Waals surface area contributed by atoms with E-state index < -0.39 is 21.7 Å². The predicted octanol–water partition coefficient (Wildman–Crippen LogP) is 7.22. The Balaban J connectivity index is 1.78. The molecule has 0 bridgehead atoms. The van der Waals surface area contributed by atoms with E-state index in [9.17, 15) is 18.0 Å². The lowest BCUT2D eigenvalue weighted by Crippen LogP contribution is -2.41. The SMILES string of the molecule is CC(C)COC1=C(C(C)C)C(=O)C(Cc2cccc(CCN(C(=O)OC(C)(C)C)S(=O)(=O)c3ccc(Cl)cc3)c2)C1. The van der Waals surface area contributed by atoms with Gasteiger partial charge in [0.15, 0.2) is 5.78 Å². The summed E-state index contributed by atoms with van der Waals surface area (Å²) in [5, 5.41) is 0.389. The van der Waals surface area contributed by atoms with E-state index in [0.717, 1.165) is 26.8 Å². The molecular weight excluding hydrogens is 562 g/mol. The summed E-state index contributed by atoms with van der Waals surface area (Å²) in [7, 11) is -4.19. The number of hydrogen-bond donors (Lipinski definition) is 0. The van der Waals surface area contributed by atoms with E-state index >= 15 is 0 Å². The highest BCUT2D eigenvalue weighted by Crippen LogP contribution is 2.36. The highest BCUT2D eigenvalue weighted by atomic mass is 35.5. The van der Waals surface area contributed by atoms with Crippen molar-refractivity contribution in [1.82, 2.24) is 4.31 Å². The number of carbonyl (C=O) groups excluding carboxylic acids is 2. The molecule has 0 aliphatic heterocycles. The van der Waals surface area contributed by atoms with Gasteiger partial charge in [0.2, 0.25) is 0 Å². The molecule has 41 heavy (non-hydrogen) atoms. The number of benzene rings is 2. The molecule has 0 N–H and O–H groups in total. The minimum Gasteiger partial charge on any atom is -0.497 e. The molecule has 2 aromatic carbocycles. The van der Waals surface area contributed by atoms with Crippen molar-refractivity contribution < 1.29 is 27.5 Å². The van der Waals surface area contributed by atoms with Crippen LogP contribution in [-0.4, -0.2) is 43.4 Å². The third-order valence-electron chi connectivity index (χ3n) is 6.61. The predicted molar refractivity (Wildman–Crippen MR) is 161 cm³/mol. The summed E-state index contributed by atoms with van der Waals surface area (Å²) in [4.78, 5) is 26.3. The summed E-state index contributed by atoms with van der Waals surface area (Å²) >= 11 is 5.95. The van der Waals surface area contributed by atoms with Crippen LogP contribution in [0.5, 0.6) is 0 Å². The van der Waals surface area contributed by atoms with Gasteiger partial charge in [0, 0.05) is 29.5 Å². The third kappa shape index (κ3) is 8.82. The molecule has 0 fully saturated rings. The molecule has 0 aromatic heterocycles. The zero-order valence-corrected chi connectivity index (χ0v) is 26.6. The zero-order valence-electron chi connectivity index (χ0n) is 25.1. The van der Waals surface area contributed by atoms with Crippen molar-refractivity contribution in [2.45, 2.75) is 78.2 Å². The third-order valence-corrected chi connectivity index (χ3v) is 8.64. The lowest BCUT2D eigenvalue weighted by molar-refractivity contribution is -0.118. The first-order valence-corrected chi connectivity index (χ1v) is 15.9. The number of ketones is 1. The molecule has 0 spiro atoms. The van der Waals surface area contributed by atoms with Gasteiger partial charge in [0.25, 0.3) is 10.0 Å². The Morgan fingerprint density at radius 3 is 2.27 bits per heavy atom. The maximum Gasteiger partial charge on any atom is 0.424 e. The fourth-order valence-electron chi connectivity index (χ4n) is 4.74. The first-order valence-electron chi connectivity index (χ1n) is 14.1. The molecule has 0 heterocycles. The van der Waals surface area contributed by atoms with Gasteiger partial charge in [-0.3, -0.25) is 4.79 Å². The van der Waals surface area contributed by atoms with E-state index in [-0.39, 0.29) is 35.5 Å². The van der Waals surface area contributed by atoms with Crippen molar-refractivity contribution in [3.05, 3.63) is 76.0 Å². The van der Waals surface area contributed by atoms with Crippen molar-refractivity contribution in [1.29, 1.82) is 0 Å². The molecule has 2 aromatic rings. The van der Waals surface area contributed by atoms with Gasteiger partial charge < -0.3 is 9.47 Å². The minimum absolute atomic E-state index is 0.0507. The second-order valence-electron chi connectivity index (χ2n) is 12.2. The van der Waals surface area contributed by atoms with Crippen LogP contribution in [0.2, 0.25) is 5.02 Å². The lowest BCUT2D eigenvalue weighted by Gasteiger charge is -2.27. The van der Waals surface area contributed by atoms with E-state index in [2.05, 4.69) is 13.8 Å². The average molecular weight is 604 g/mol. The van der Waals surface area contributed by atoms with Gasteiger partial charge in [-0.25, -0.2) is 17.5 Å². The molecule has 0 radical (unpaired) electrons. The summed E-state index contributed by atoms with van der Waals surface area (Å²) in [6, 6.07) is 13.4. The fraction of sp³-hybridized carbons (Fsp3) is 0.500. The summed E-state index contributed by atoms with van der Waals surface area (Å²) < 4.78 is 39.2. The topological polar surface area (TPSA) is 90.0 Å². The van der Waals surface area contributed by atoms with E-state index in [1.54, 1.807) is 20.8 Å². The van der Waals surface area contributed by atoms with Gasteiger partial charge in [0.1, 0.15) is 11.4 Å².